The van der Waals surface area contributed by atoms with Gasteiger partial charge in [-0.2, -0.15) is 0 Å². The first-order valence-electron chi connectivity index (χ1n) is 5.70. The molecule has 0 atom stereocenters. The summed E-state index contributed by atoms with van der Waals surface area (Å²) in [5.41, 5.74) is 1.95. The van der Waals surface area contributed by atoms with Gasteiger partial charge in [0.25, 0.3) is 0 Å². The number of hydrogen-bond donors (Lipinski definition) is 0. The van der Waals surface area contributed by atoms with Crippen LogP contribution in [0, 0.1) is 0 Å². The van der Waals surface area contributed by atoms with Crippen molar-refractivity contribution in [3.05, 3.63) is 60.8 Å². The van der Waals surface area contributed by atoms with Gasteiger partial charge in [-0.3, -0.25) is 4.98 Å². The lowest BCUT2D eigenvalue weighted by Crippen LogP contribution is -1.91. The summed E-state index contributed by atoms with van der Waals surface area (Å²) in [5, 5.41) is 2.32. The Labute approximate surface area is 114 Å². The van der Waals surface area contributed by atoms with Crippen LogP contribution in [0.1, 0.15) is 0 Å². The molecule has 0 amide bonds. The maximum Gasteiger partial charge on any atom is 0.482 e. The van der Waals surface area contributed by atoms with E-state index in [1.807, 2.05) is 48.7 Å². The minimum Gasteiger partial charge on any atom is -0.653 e. The van der Waals surface area contributed by atoms with Crippen molar-refractivity contribution in [3.8, 4) is 17.0 Å². The summed E-state index contributed by atoms with van der Waals surface area (Å²) < 4.78 is 5.33. The van der Waals surface area contributed by atoms with Crippen molar-refractivity contribution >= 4 is 27.4 Å². The second-order valence-corrected chi connectivity index (χ2v) is 4.23. The minimum atomic E-state index is 0.811. The first-order chi connectivity index (χ1) is 8.90. The fraction of sp³-hybridized carbons (Fsp3) is 0. The van der Waals surface area contributed by atoms with Crippen LogP contribution in [0.5, 0.6) is 5.75 Å². The SMILES string of the molecule is [Al][O]c1ccccc1-c1nccc2ccccc12. The van der Waals surface area contributed by atoms with Gasteiger partial charge in [-0.1, -0.05) is 36.4 Å². The normalized spacial score (nSPS) is 10.4. The van der Waals surface area contributed by atoms with Gasteiger partial charge >= 0.3 is 16.6 Å². The van der Waals surface area contributed by atoms with Crippen LogP contribution in [-0.4, -0.2) is 21.6 Å². The minimum absolute atomic E-state index is 0.811. The Morgan fingerprint density at radius 2 is 1.67 bits per heavy atom. The summed E-state index contributed by atoms with van der Waals surface area (Å²) in [7, 11) is 0. The molecule has 0 aliphatic heterocycles. The van der Waals surface area contributed by atoms with Gasteiger partial charge in [0.15, 0.2) is 0 Å². The lowest BCUT2D eigenvalue weighted by Gasteiger charge is -2.11. The van der Waals surface area contributed by atoms with Gasteiger partial charge in [-0.25, -0.2) is 0 Å². The zero-order valence-electron chi connectivity index (χ0n) is 9.71. The fourth-order valence-corrected chi connectivity index (χ4v) is 2.30. The highest BCUT2D eigenvalue weighted by atomic mass is 27.1. The first kappa shape index (κ1) is 11.3. The summed E-state index contributed by atoms with van der Waals surface area (Å²) in [6.45, 7) is 0. The van der Waals surface area contributed by atoms with Crippen molar-refractivity contribution in [2.45, 2.75) is 0 Å². The Hall–Kier alpha value is -1.82. The van der Waals surface area contributed by atoms with Gasteiger partial charge in [-0.05, 0) is 23.6 Å². The lowest BCUT2D eigenvalue weighted by atomic mass is 10.0. The summed E-state index contributed by atoms with van der Waals surface area (Å²) in [6.07, 6.45) is 1.83. The largest absolute Gasteiger partial charge is 0.653 e. The molecule has 2 nitrogen and oxygen atoms in total. The number of nitrogens with zero attached hydrogens (tertiary/aromatic N) is 1. The number of hydrogen-bond acceptors (Lipinski definition) is 2. The Balaban J connectivity index is 2.32. The van der Waals surface area contributed by atoms with E-state index in [4.69, 9.17) is 3.79 Å². The number of rotatable bonds is 2. The standard InChI is InChI=1S/C15H11NO.Al/c17-14-8-4-3-7-13(14)15-12-6-2-1-5-11(12)9-10-16-15;/h1-10,17H;/q;+1/p-1. The quantitative estimate of drug-likeness (QED) is 0.648. The summed E-state index contributed by atoms with van der Waals surface area (Å²) in [6, 6.07) is 18.1. The highest BCUT2D eigenvalue weighted by molar-refractivity contribution is 6.02. The van der Waals surface area contributed by atoms with Crippen LogP contribution < -0.4 is 3.79 Å². The number of aromatic nitrogens is 1. The van der Waals surface area contributed by atoms with E-state index in [1.165, 1.54) is 5.39 Å². The molecule has 3 heteroatoms. The highest BCUT2D eigenvalue weighted by Crippen LogP contribution is 2.32. The number of benzene rings is 2. The molecule has 0 aliphatic rings. The average molecular weight is 247 g/mol. The average Bonchev–Trinajstić information content (AvgIpc) is 2.46. The molecule has 84 valence electrons. The van der Waals surface area contributed by atoms with Crippen molar-refractivity contribution in [2.75, 3.05) is 0 Å². The van der Waals surface area contributed by atoms with Crippen molar-refractivity contribution in [1.82, 2.24) is 4.98 Å². The van der Waals surface area contributed by atoms with Crippen molar-refractivity contribution in [1.29, 1.82) is 0 Å². The molecule has 2 radical (unpaired) electrons. The van der Waals surface area contributed by atoms with Gasteiger partial charge < -0.3 is 3.79 Å². The molecule has 0 saturated carbocycles. The molecule has 0 N–H and O–H groups in total. The molecule has 0 spiro atoms. The van der Waals surface area contributed by atoms with E-state index in [9.17, 15) is 0 Å². The van der Waals surface area contributed by atoms with Crippen LogP contribution in [0.3, 0.4) is 0 Å². The molecule has 0 fully saturated rings. The molecule has 1 aromatic heterocycles. The van der Waals surface area contributed by atoms with Gasteiger partial charge in [0.2, 0.25) is 0 Å². The third kappa shape index (κ3) is 1.88. The molecule has 0 aliphatic carbocycles. The predicted molar refractivity (Wildman–Crippen MR) is 73.6 cm³/mol. The Morgan fingerprint density at radius 3 is 2.56 bits per heavy atom. The number of fused-ring (bicyclic) bond motifs is 1. The summed E-state index contributed by atoms with van der Waals surface area (Å²) in [5.74, 6) is 0.811. The zero-order valence-corrected chi connectivity index (χ0v) is 10.9. The van der Waals surface area contributed by atoms with E-state index in [0.717, 1.165) is 22.4 Å². The van der Waals surface area contributed by atoms with Gasteiger partial charge in [0.05, 0.1) is 11.4 Å². The van der Waals surface area contributed by atoms with Crippen LogP contribution >= 0.6 is 0 Å². The number of para-hydroxylation sites is 1. The molecule has 0 unspecified atom stereocenters. The molecule has 18 heavy (non-hydrogen) atoms. The summed E-state index contributed by atoms with van der Waals surface area (Å²) >= 11 is 2.29. The molecular formula is C15H10AlNO. The molecule has 2 aromatic carbocycles. The zero-order chi connectivity index (χ0) is 12.4. The second kappa shape index (κ2) is 4.82. The first-order valence-corrected chi connectivity index (χ1v) is 6.17. The van der Waals surface area contributed by atoms with Crippen molar-refractivity contribution < 1.29 is 3.79 Å². The molecule has 0 saturated heterocycles. The van der Waals surface area contributed by atoms with E-state index in [2.05, 4.69) is 33.7 Å². The second-order valence-electron chi connectivity index (χ2n) is 3.99. The Bertz CT molecular complexity index is 691. The van der Waals surface area contributed by atoms with E-state index in [-0.39, 0.29) is 0 Å². The van der Waals surface area contributed by atoms with Gasteiger partial charge in [0, 0.05) is 17.1 Å². The van der Waals surface area contributed by atoms with Gasteiger partial charge in [-0.15, -0.1) is 0 Å². The summed E-state index contributed by atoms with van der Waals surface area (Å²) in [4.78, 5) is 4.50. The smallest absolute Gasteiger partial charge is 0.482 e. The predicted octanol–water partition coefficient (Wildman–Crippen LogP) is 3.36. The van der Waals surface area contributed by atoms with Crippen LogP contribution in [0.4, 0.5) is 0 Å². The van der Waals surface area contributed by atoms with Crippen molar-refractivity contribution in [3.63, 3.8) is 0 Å². The third-order valence-corrected chi connectivity index (χ3v) is 3.20. The molecule has 3 rings (SSSR count). The van der Waals surface area contributed by atoms with Crippen LogP contribution in [0.25, 0.3) is 22.0 Å². The van der Waals surface area contributed by atoms with E-state index >= 15 is 0 Å². The lowest BCUT2D eigenvalue weighted by molar-refractivity contribution is 0.618. The maximum atomic E-state index is 5.33. The highest BCUT2D eigenvalue weighted by Gasteiger charge is 2.08. The molecule has 3 aromatic rings. The molecular weight excluding hydrogens is 237 g/mol. The van der Waals surface area contributed by atoms with E-state index in [1.54, 1.807) is 0 Å². The van der Waals surface area contributed by atoms with E-state index < -0.39 is 0 Å². The van der Waals surface area contributed by atoms with Crippen LogP contribution in [0.2, 0.25) is 0 Å². The van der Waals surface area contributed by atoms with E-state index in [0.29, 0.717) is 0 Å². The van der Waals surface area contributed by atoms with Gasteiger partial charge in [0.1, 0.15) is 0 Å². The maximum absolute atomic E-state index is 5.33. The number of pyridine rings is 1. The third-order valence-electron chi connectivity index (χ3n) is 2.94. The molecule has 0 bridgehead atoms. The monoisotopic (exact) mass is 247 g/mol. The fourth-order valence-electron chi connectivity index (χ4n) is 2.10. The Morgan fingerprint density at radius 1 is 0.889 bits per heavy atom. The van der Waals surface area contributed by atoms with Crippen molar-refractivity contribution in [2.24, 2.45) is 0 Å². The van der Waals surface area contributed by atoms with Crippen LogP contribution in [0.15, 0.2) is 60.8 Å². The molecule has 1 heterocycles. The Kier molecular flexibility index (Phi) is 3.02. The topological polar surface area (TPSA) is 22.1 Å². The van der Waals surface area contributed by atoms with Crippen LogP contribution in [-0.2, 0) is 0 Å².